The first kappa shape index (κ1) is 10.6. The first-order chi connectivity index (χ1) is 6.81. The summed E-state index contributed by atoms with van der Waals surface area (Å²) in [6.45, 7) is 6.36. The van der Waals surface area contributed by atoms with Crippen molar-refractivity contribution in [3.05, 3.63) is 35.4 Å². The number of benzene rings is 1. The highest BCUT2D eigenvalue weighted by Gasteiger charge is 2.57. The SMILES string of the molecule is CC(C)(C)c1ccc([C@@H]2CC2(F)F)cc1. The molecule has 0 spiro atoms. The van der Waals surface area contributed by atoms with E-state index in [1.807, 2.05) is 24.3 Å². The van der Waals surface area contributed by atoms with Crippen LogP contribution in [0.15, 0.2) is 24.3 Å². The molecule has 0 nitrogen and oxygen atoms in total. The molecule has 0 aliphatic heterocycles. The summed E-state index contributed by atoms with van der Waals surface area (Å²) in [4.78, 5) is 0. The van der Waals surface area contributed by atoms with Crippen LogP contribution in [0.25, 0.3) is 0 Å². The van der Waals surface area contributed by atoms with Gasteiger partial charge in [0, 0.05) is 6.42 Å². The van der Waals surface area contributed by atoms with Crippen molar-refractivity contribution in [2.75, 3.05) is 0 Å². The van der Waals surface area contributed by atoms with Crippen LogP contribution >= 0.6 is 0 Å². The molecule has 1 atom stereocenters. The summed E-state index contributed by atoms with van der Waals surface area (Å²) >= 11 is 0. The Hall–Kier alpha value is -0.920. The van der Waals surface area contributed by atoms with E-state index in [0.29, 0.717) is 0 Å². The van der Waals surface area contributed by atoms with Gasteiger partial charge in [0.15, 0.2) is 0 Å². The molecular formula is C13H16F2. The zero-order valence-corrected chi connectivity index (χ0v) is 9.35. The number of alkyl halides is 2. The molecule has 1 saturated carbocycles. The van der Waals surface area contributed by atoms with E-state index in [9.17, 15) is 8.78 Å². The Morgan fingerprint density at radius 2 is 1.60 bits per heavy atom. The maximum absolute atomic E-state index is 12.8. The number of hydrogen-bond acceptors (Lipinski definition) is 0. The number of halogens is 2. The van der Waals surface area contributed by atoms with E-state index in [-0.39, 0.29) is 11.8 Å². The van der Waals surface area contributed by atoms with Gasteiger partial charge >= 0.3 is 0 Å². The molecule has 0 heterocycles. The second-order valence-corrected chi connectivity index (χ2v) is 5.39. The third kappa shape index (κ3) is 2.04. The number of rotatable bonds is 1. The van der Waals surface area contributed by atoms with Crippen LogP contribution in [-0.2, 0) is 5.41 Å². The molecule has 0 unspecified atom stereocenters. The van der Waals surface area contributed by atoms with Gasteiger partial charge in [-0.15, -0.1) is 0 Å². The molecule has 1 fully saturated rings. The Kier molecular flexibility index (Phi) is 2.14. The van der Waals surface area contributed by atoms with E-state index in [4.69, 9.17) is 0 Å². The summed E-state index contributed by atoms with van der Waals surface area (Å²) in [5.74, 6) is -2.99. The molecule has 1 aliphatic rings. The van der Waals surface area contributed by atoms with Crippen molar-refractivity contribution in [3.8, 4) is 0 Å². The van der Waals surface area contributed by atoms with Crippen LogP contribution in [0, 0.1) is 0 Å². The third-order valence-corrected chi connectivity index (χ3v) is 3.01. The molecule has 1 aromatic rings. The molecule has 0 bridgehead atoms. The Bertz CT molecular complexity index is 357. The van der Waals surface area contributed by atoms with Crippen LogP contribution in [0.3, 0.4) is 0 Å². The highest BCUT2D eigenvalue weighted by Crippen LogP contribution is 2.55. The van der Waals surface area contributed by atoms with Crippen molar-refractivity contribution in [1.29, 1.82) is 0 Å². The van der Waals surface area contributed by atoms with Crippen molar-refractivity contribution in [3.63, 3.8) is 0 Å². The van der Waals surface area contributed by atoms with Crippen LogP contribution in [-0.4, -0.2) is 5.92 Å². The van der Waals surface area contributed by atoms with Gasteiger partial charge in [0.25, 0.3) is 5.92 Å². The normalized spacial score (nSPS) is 23.9. The Labute approximate surface area is 89.3 Å². The van der Waals surface area contributed by atoms with E-state index >= 15 is 0 Å². The molecule has 0 N–H and O–H groups in total. The minimum Gasteiger partial charge on any atom is -0.206 e. The highest BCUT2D eigenvalue weighted by molar-refractivity contribution is 5.34. The third-order valence-electron chi connectivity index (χ3n) is 3.01. The van der Waals surface area contributed by atoms with Gasteiger partial charge in [0.1, 0.15) is 0 Å². The minimum atomic E-state index is -2.46. The fourth-order valence-electron chi connectivity index (χ4n) is 1.79. The van der Waals surface area contributed by atoms with Gasteiger partial charge in [0.05, 0.1) is 5.92 Å². The van der Waals surface area contributed by atoms with Crippen LogP contribution in [0.5, 0.6) is 0 Å². The molecule has 82 valence electrons. The first-order valence-corrected chi connectivity index (χ1v) is 5.29. The average Bonchev–Trinajstić information content (AvgIpc) is 2.74. The molecule has 15 heavy (non-hydrogen) atoms. The summed E-state index contributed by atoms with van der Waals surface area (Å²) in [5.41, 5.74) is 2.05. The van der Waals surface area contributed by atoms with Gasteiger partial charge in [-0.05, 0) is 16.5 Å². The van der Waals surface area contributed by atoms with Crippen molar-refractivity contribution in [2.45, 2.75) is 44.4 Å². The van der Waals surface area contributed by atoms with Crippen LogP contribution < -0.4 is 0 Å². The monoisotopic (exact) mass is 210 g/mol. The molecule has 1 aliphatic carbocycles. The summed E-state index contributed by atoms with van der Waals surface area (Å²) < 4.78 is 25.6. The lowest BCUT2D eigenvalue weighted by Crippen LogP contribution is -2.10. The highest BCUT2D eigenvalue weighted by atomic mass is 19.3. The van der Waals surface area contributed by atoms with E-state index in [1.54, 1.807) is 0 Å². The molecule has 0 aromatic heterocycles. The van der Waals surface area contributed by atoms with E-state index < -0.39 is 11.8 Å². The largest absolute Gasteiger partial charge is 0.255 e. The zero-order chi connectivity index (χ0) is 11.3. The van der Waals surface area contributed by atoms with E-state index in [1.165, 1.54) is 5.56 Å². The second kappa shape index (κ2) is 3.03. The molecule has 1 aromatic carbocycles. The van der Waals surface area contributed by atoms with Gasteiger partial charge in [-0.3, -0.25) is 0 Å². The van der Waals surface area contributed by atoms with Crippen LogP contribution in [0.1, 0.15) is 44.2 Å². The lowest BCUT2D eigenvalue weighted by atomic mass is 9.86. The van der Waals surface area contributed by atoms with Gasteiger partial charge < -0.3 is 0 Å². The van der Waals surface area contributed by atoms with Crippen molar-refractivity contribution in [2.24, 2.45) is 0 Å². The van der Waals surface area contributed by atoms with Gasteiger partial charge in [-0.2, -0.15) is 0 Å². The van der Waals surface area contributed by atoms with Crippen LogP contribution in [0.4, 0.5) is 8.78 Å². The second-order valence-electron chi connectivity index (χ2n) is 5.39. The lowest BCUT2D eigenvalue weighted by Gasteiger charge is -2.19. The van der Waals surface area contributed by atoms with Gasteiger partial charge in [-0.1, -0.05) is 45.0 Å². The first-order valence-electron chi connectivity index (χ1n) is 5.29. The Morgan fingerprint density at radius 1 is 1.13 bits per heavy atom. The zero-order valence-electron chi connectivity index (χ0n) is 9.35. The molecule has 0 amide bonds. The fourth-order valence-corrected chi connectivity index (χ4v) is 1.79. The van der Waals surface area contributed by atoms with Crippen molar-refractivity contribution < 1.29 is 8.78 Å². The predicted molar refractivity (Wildman–Crippen MR) is 57.4 cm³/mol. The van der Waals surface area contributed by atoms with Gasteiger partial charge in [0.2, 0.25) is 0 Å². The summed E-state index contributed by atoms with van der Waals surface area (Å²) in [6, 6.07) is 7.60. The Morgan fingerprint density at radius 3 is 1.93 bits per heavy atom. The van der Waals surface area contributed by atoms with Crippen molar-refractivity contribution in [1.82, 2.24) is 0 Å². The Balaban J connectivity index is 2.19. The summed E-state index contributed by atoms with van der Waals surface area (Å²) in [5, 5.41) is 0. The maximum atomic E-state index is 12.8. The lowest BCUT2D eigenvalue weighted by molar-refractivity contribution is 0.112. The average molecular weight is 210 g/mol. The molecule has 0 saturated heterocycles. The fraction of sp³-hybridized carbons (Fsp3) is 0.538. The summed E-state index contributed by atoms with van der Waals surface area (Å²) in [7, 11) is 0. The number of hydrogen-bond donors (Lipinski definition) is 0. The molecular weight excluding hydrogens is 194 g/mol. The predicted octanol–water partition coefficient (Wildman–Crippen LogP) is 4.11. The molecule has 0 radical (unpaired) electrons. The van der Waals surface area contributed by atoms with Gasteiger partial charge in [-0.25, -0.2) is 8.78 Å². The summed E-state index contributed by atoms with van der Waals surface area (Å²) in [6.07, 6.45) is 0.0157. The smallest absolute Gasteiger partial charge is 0.206 e. The van der Waals surface area contributed by atoms with Crippen LogP contribution in [0.2, 0.25) is 0 Å². The quantitative estimate of drug-likeness (QED) is 0.654. The van der Waals surface area contributed by atoms with E-state index in [2.05, 4.69) is 20.8 Å². The minimum absolute atomic E-state index is 0.0157. The molecule has 2 heteroatoms. The maximum Gasteiger partial charge on any atom is 0.255 e. The standard InChI is InChI=1S/C13H16F2/c1-12(2,3)10-6-4-9(5-7-10)11-8-13(11,14)15/h4-7,11H,8H2,1-3H3/t11-/m0/s1. The topological polar surface area (TPSA) is 0 Å². The van der Waals surface area contributed by atoms with Crippen molar-refractivity contribution >= 4 is 0 Å². The molecule has 2 rings (SSSR count). The van der Waals surface area contributed by atoms with E-state index in [0.717, 1.165) is 5.56 Å².